The van der Waals surface area contributed by atoms with Crippen LogP contribution < -0.4 is 11.1 Å². The summed E-state index contributed by atoms with van der Waals surface area (Å²) >= 11 is 0. The minimum Gasteiger partial charge on any atom is -0.397 e. The third-order valence-corrected chi connectivity index (χ3v) is 2.07. The number of rotatable bonds is 2. The lowest BCUT2D eigenvalue weighted by Gasteiger charge is -2.26. The molecule has 5 heteroatoms. The van der Waals surface area contributed by atoms with Crippen LogP contribution in [-0.2, 0) is 4.74 Å². The van der Waals surface area contributed by atoms with Crippen molar-refractivity contribution in [1.29, 1.82) is 0 Å². The van der Waals surface area contributed by atoms with Gasteiger partial charge in [0.25, 0.3) is 5.91 Å². The summed E-state index contributed by atoms with van der Waals surface area (Å²) in [5.41, 5.74) is 6.46. The Bertz CT molecular complexity index is 350. The van der Waals surface area contributed by atoms with Crippen LogP contribution in [0.3, 0.4) is 0 Å². The molecule has 1 fully saturated rings. The third kappa shape index (κ3) is 1.67. The predicted molar refractivity (Wildman–Crippen MR) is 50.7 cm³/mol. The zero-order valence-corrected chi connectivity index (χ0v) is 7.56. The SMILES string of the molecule is Nc1cnccc1C(=O)NC1COC1. The number of nitrogens with two attached hydrogens (primary N) is 1. The first kappa shape index (κ1) is 8.96. The Morgan fingerprint density at radius 1 is 1.64 bits per heavy atom. The van der Waals surface area contributed by atoms with Crippen molar-refractivity contribution in [3.8, 4) is 0 Å². The lowest BCUT2D eigenvalue weighted by Crippen LogP contribution is -2.48. The molecule has 2 heterocycles. The number of hydrogen-bond acceptors (Lipinski definition) is 4. The van der Waals surface area contributed by atoms with E-state index in [4.69, 9.17) is 10.5 Å². The average Bonchev–Trinajstić information content (AvgIpc) is 2.12. The van der Waals surface area contributed by atoms with Crippen LogP contribution in [0.5, 0.6) is 0 Å². The van der Waals surface area contributed by atoms with Crippen molar-refractivity contribution in [2.24, 2.45) is 0 Å². The van der Waals surface area contributed by atoms with E-state index in [9.17, 15) is 4.79 Å². The van der Waals surface area contributed by atoms with Gasteiger partial charge in [0, 0.05) is 6.20 Å². The number of pyridine rings is 1. The number of nitrogens with zero attached hydrogens (tertiary/aromatic N) is 1. The molecule has 3 N–H and O–H groups in total. The molecular weight excluding hydrogens is 182 g/mol. The van der Waals surface area contributed by atoms with Gasteiger partial charge in [-0.3, -0.25) is 9.78 Å². The van der Waals surface area contributed by atoms with Gasteiger partial charge in [-0.05, 0) is 6.07 Å². The molecule has 0 saturated carbocycles. The van der Waals surface area contributed by atoms with Crippen molar-refractivity contribution < 1.29 is 9.53 Å². The number of nitrogen functional groups attached to an aromatic ring is 1. The average molecular weight is 193 g/mol. The van der Waals surface area contributed by atoms with Crippen molar-refractivity contribution in [3.05, 3.63) is 24.0 Å². The molecule has 0 aromatic carbocycles. The Hall–Kier alpha value is -1.62. The van der Waals surface area contributed by atoms with Crippen molar-refractivity contribution in [3.63, 3.8) is 0 Å². The van der Waals surface area contributed by atoms with Crippen LogP contribution in [0.1, 0.15) is 10.4 Å². The summed E-state index contributed by atoms with van der Waals surface area (Å²) in [5.74, 6) is -0.168. The zero-order valence-electron chi connectivity index (χ0n) is 7.56. The summed E-state index contributed by atoms with van der Waals surface area (Å²) in [6.45, 7) is 1.16. The van der Waals surface area contributed by atoms with E-state index in [1.165, 1.54) is 6.20 Å². The lowest BCUT2D eigenvalue weighted by molar-refractivity contribution is -0.00344. The van der Waals surface area contributed by atoms with E-state index in [0.717, 1.165) is 0 Å². The lowest BCUT2D eigenvalue weighted by atomic mass is 10.2. The number of ether oxygens (including phenoxy) is 1. The van der Waals surface area contributed by atoms with Gasteiger partial charge in [0.15, 0.2) is 0 Å². The van der Waals surface area contributed by atoms with E-state index < -0.39 is 0 Å². The minimum absolute atomic E-state index is 0.120. The highest BCUT2D eigenvalue weighted by molar-refractivity contribution is 5.99. The molecule has 0 unspecified atom stereocenters. The molecule has 5 nitrogen and oxygen atoms in total. The van der Waals surface area contributed by atoms with E-state index in [2.05, 4.69) is 10.3 Å². The Morgan fingerprint density at radius 3 is 3.00 bits per heavy atom. The van der Waals surface area contributed by atoms with Crippen molar-refractivity contribution in [1.82, 2.24) is 10.3 Å². The molecular formula is C9H11N3O2. The van der Waals surface area contributed by atoms with Gasteiger partial charge in [0.05, 0.1) is 36.7 Å². The highest BCUT2D eigenvalue weighted by Crippen LogP contribution is 2.09. The second-order valence-corrected chi connectivity index (χ2v) is 3.17. The molecule has 1 aromatic heterocycles. The standard InChI is InChI=1S/C9H11N3O2/c10-8-3-11-2-1-7(8)9(13)12-6-4-14-5-6/h1-3,6H,4-5,10H2,(H,12,13). The number of carbonyl (C=O) groups excluding carboxylic acids is 1. The first-order valence-electron chi connectivity index (χ1n) is 4.35. The minimum atomic E-state index is -0.168. The Morgan fingerprint density at radius 2 is 2.43 bits per heavy atom. The first-order valence-corrected chi connectivity index (χ1v) is 4.35. The van der Waals surface area contributed by atoms with Gasteiger partial charge in [-0.2, -0.15) is 0 Å². The molecule has 0 atom stereocenters. The molecule has 1 amide bonds. The van der Waals surface area contributed by atoms with Crippen LogP contribution in [0.4, 0.5) is 5.69 Å². The van der Waals surface area contributed by atoms with Crippen molar-refractivity contribution >= 4 is 11.6 Å². The highest BCUT2D eigenvalue weighted by Gasteiger charge is 2.21. The van der Waals surface area contributed by atoms with Crippen LogP contribution in [0.2, 0.25) is 0 Å². The van der Waals surface area contributed by atoms with Gasteiger partial charge < -0.3 is 15.8 Å². The molecule has 0 aliphatic carbocycles. The fraction of sp³-hybridized carbons (Fsp3) is 0.333. The predicted octanol–water partition coefficient (Wildman–Crippen LogP) is -0.208. The fourth-order valence-electron chi connectivity index (χ4n) is 1.20. The molecule has 0 spiro atoms. The van der Waals surface area contributed by atoms with Crippen LogP contribution in [0.25, 0.3) is 0 Å². The zero-order chi connectivity index (χ0) is 9.97. The smallest absolute Gasteiger partial charge is 0.253 e. The quantitative estimate of drug-likeness (QED) is 0.681. The van der Waals surface area contributed by atoms with E-state index in [-0.39, 0.29) is 11.9 Å². The van der Waals surface area contributed by atoms with Gasteiger partial charge in [-0.25, -0.2) is 0 Å². The summed E-state index contributed by atoms with van der Waals surface area (Å²) < 4.78 is 4.94. The van der Waals surface area contributed by atoms with Gasteiger partial charge >= 0.3 is 0 Å². The molecule has 14 heavy (non-hydrogen) atoms. The van der Waals surface area contributed by atoms with E-state index in [0.29, 0.717) is 24.5 Å². The van der Waals surface area contributed by atoms with Gasteiger partial charge in [0.1, 0.15) is 0 Å². The number of anilines is 1. The molecule has 1 aliphatic rings. The maximum absolute atomic E-state index is 11.6. The van der Waals surface area contributed by atoms with E-state index in [1.807, 2.05) is 0 Å². The Labute approximate surface area is 81.3 Å². The number of hydrogen-bond donors (Lipinski definition) is 2. The summed E-state index contributed by atoms with van der Waals surface area (Å²) in [4.78, 5) is 15.4. The van der Waals surface area contributed by atoms with Crippen molar-refractivity contribution in [2.45, 2.75) is 6.04 Å². The molecule has 1 aliphatic heterocycles. The maximum Gasteiger partial charge on any atom is 0.253 e. The molecule has 1 saturated heterocycles. The number of aromatic nitrogens is 1. The van der Waals surface area contributed by atoms with E-state index in [1.54, 1.807) is 12.3 Å². The molecule has 1 aromatic rings. The van der Waals surface area contributed by atoms with Gasteiger partial charge in [-0.1, -0.05) is 0 Å². The summed E-state index contributed by atoms with van der Waals surface area (Å²) in [7, 11) is 0. The highest BCUT2D eigenvalue weighted by atomic mass is 16.5. The normalized spacial score (nSPS) is 16.0. The van der Waals surface area contributed by atoms with Crippen LogP contribution in [0, 0.1) is 0 Å². The van der Waals surface area contributed by atoms with Gasteiger partial charge in [0.2, 0.25) is 0 Å². The summed E-state index contributed by atoms with van der Waals surface area (Å²) in [6, 6.07) is 1.72. The van der Waals surface area contributed by atoms with Crippen LogP contribution >= 0.6 is 0 Å². The van der Waals surface area contributed by atoms with Crippen LogP contribution in [0.15, 0.2) is 18.5 Å². The molecule has 2 rings (SSSR count). The summed E-state index contributed by atoms with van der Waals surface area (Å²) in [5, 5.41) is 2.80. The van der Waals surface area contributed by atoms with Crippen LogP contribution in [-0.4, -0.2) is 30.1 Å². The fourth-order valence-corrected chi connectivity index (χ4v) is 1.20. The molecule has 0 radical (unpaired) electrons. The molecule has 74 valence electrons. The largest absolute Gasteiger partial charge is 0.397 e. The van der Waals surface area contributed by atoms with Crippen molar-refractivity contribution in [2.75, 3.05) is 18.9 Å². The molecule has 0 bridgehead atoms. The third-order valence-electron chi connectivity index (χ3n) is 2.07. The maximum atomic E-state index is 11.6. The summed E-state index contributed by atoms with van der Waals surface area (Å²) in [6.07, 6.45) is 3.01. The second-order valence-electron chi connectivity index (χ2n) is 3.17. The number of amides is 1. The van der Waals surface area contributed by atoms with E-state index >= 15 is 0 Å². The Balaban J connectivity index is 2.06. The second kappa shape index (κ2) is 3.63. The topological polar surface area (TPSA) is 77.2 Å². The monoisotopic (exact) mass is 193 g/mol. The number of carbonyl (C=O) groups is 1. The van der Waals surface area contributed by atoms with Gasteiger partial charge in [-0.15, -0.1) is 0 Å². The number of nitrogens with one attached hydrogen (secondary N) is 1. The first-order chi connectivity index (χ1) is 6.77. The Kier molecular flexibility index (Phi) is 2.32.